The van der Waals surface area contributed by atoms with Crippen LogP contribution < -0.4 is 4.72 Å². The van der Waals surface area contributed by atoms with Crippen LogP contribution in [0.1, 0.15) is 32.8 Å². The van der Waals surface area contributed by atoms with Crippen molar-refractivity contribution in [2.75, 3.05) is 6.61 Å². The van der Waals surface area contributed by atoms with E-state index in [2.05, 4.69) is 18.6 Å². The average molecular weight is 285 g/mol. The molecule has 1 aromatic rings. The van der Waals surface area contributed by atoms with Crippen molar-refractivity contribution in [2.45, 2.75) is 44.6 Å². The number of aryl methyl sites for hydroxylation is 1. The van der Waals surface area contributed by atoms with Crippen molar-refractivity contribution in [1.82, 2.24) is 4.72 Å². The maximum Gasteiger partial charge on any atom is 0.240 e. The number of aliphatic hydroxyl groups is 1. The van der Waals surface area contributed by atoms with Crippen molar-refractivity contribution in [2.24, 2.45) is 5.92 Å². The lowest BCUT2D eigenvalue weighted by atomic mass is 10.0. The summed E-state index contributed by atoms with van der Waals surface area (Å²) in [6, 6.07) is 6.44. The van der Waals surface area contributed by atoms with Crippen LogP contribution in [0.5, 0.6) is 0 Å². The molecular formula is C14H23NO3S. The first-order valence-electron chi connectivity index (χ1n) is 6.57. The number of rotatable bonds is 7. The van der Waals surface area contributed by atoms with E-state index in [9.17, 15) is 8.42 Å². The summed E-state index contributed by atoms with van der Waals surface area (Å²) in [4.78, 5) is 0.237. The second-order valence-electron chi connectivity index (χ2n) is 5.28. The molecule has 0 aliphatic carbocycles. The molecule has 0 aliphatic heterocycles. The Balaban J connectivity index is 2.75. The molecule has 0 saturated heterocycles. The van der Waals surface area contributed by atoms with Gasteiger partial charge in [0.05, 0.1) is 11.5 Å². The minimum Gasteiger partial charge on any atom is -0.395 e. The quantitative estimate of drug-likeness (QED) is 0.804. The summed E-state index contributed by atoms with van der Waals surface area (Å²) in [7, 11) is -3.53. The van der Waals surface area contributed by atoms with Gasteiger partial charge >= 0.3 is 0 Å². The minimum absolute atomic E-state index is 0.217. The molecule has 5 heteroatoms. The molecule has 0 saturated carbocycles. The Labute approximate surface area is 115 Å². The monoisotopic (exact) mass is 285 g/mol. The van der Waals surface area contributed by atoms with Gasteiger partial charge in [0.2, 0.25) is 10.0 Å². The standard InChI is InChI=1S/C14H23NO3S/c1-11(2)4-5-13-6-8-14(9-7-13)19(17,18)15-12(3)10-16/h6-9,11-12,15-16H,4-5,10H2,1-3H3/t12-/m1/s1. The van der Waals surface area contributed by atoms with Crippen LogP contribution in [0.3, 0.4) is 0 Å². The Hall–Kier alpha value is -0.910. The van der Waals surface area contributed by atoms with Gasteiger partial charge in [0, 0.05) is 6.04 Å². The second kappa shape index (κ2) is 7.03. The third-order valence-corrected chi connectivity index (χ3v) is 4.48. The fraction of sp³-hybridized carbons (Fsp3) is 0.571. The molecule has 0 aliphatic rings. The van der Waals surface area contributed by atoms with Gasteiger partial charge in [-0.1, -0.05) is 26.0 Å². The van der Waals surface area contributed by atoms with E-state index >= 15 is 0 Å². The second-order valence-corrected chi connectivity index (χ2v) is 7.00. The summed E-state index contributed by atoms with van der Waals surface area (Å²) < 4.78 is 26.3. The zero-order valence-electron chi connectivity index (χ0n) is 11.8. The van der Waals surface area contributed by atoms with Crippen molar-refractivity contribution in [3.05, 3.63) is 29.8 Å². The first-order valence-corrected chi connectivity index (χ1v) is 8.05. The van der Waals surface area contributed by atoms with E-state index in [1.165, 1.54) is 0 Å². The maximum absolute atomic E-state index is 12.0. The molecule has 0 amide bonds. The molecule has 1 rings (SSSR count). The predicted molar refractivity (Wildman–Crippen MR) is 76.5 cm³/mol. The highest BCUT2D eigenvalue weighted by Crippen LogP contribution is 2.14. The van der Waals surface area contributed by atoms with Crippen molar-refractivity contribution in [3.63, 3.8) is 0 Å². The van der Waals surface area contributed by atoms with E-state index in [1.54, 1.807) is 19.1 Å². The van der Waals surface area contributed by atoms with Gasteiger partial charge in [-0.2, -0.15) is 0 Å². The number of nitrogens with one attached hydrogen (secondary N) is 1. The summed E-state index contributed by atoms with van der Waals surface area (Å²) in [5, 5.41) is 8.88. The van der Waals surface area contributed by atoms with E-state index in [0.717, 1.165) is 18.4 Å². The Morgan fingerprint density at radius 3 is 2.21 bits per heavy atom. The number of sulfonamides is 1. The van der Waals surface area contributed by atoms with Gasteiger partial charge in [0.15, 0.2) is 0 Å². The zero-order valence-corrected chi connectivity index (χ0v) is 12.6. The number of hydrogen-bond donors (Lipinski definition) is 2. The lowest BCUT2D eigenvalue weighted by Crippen LogP contribution is -2.34. The largest absolute Gasteiger partial charge is 0.395 e. The van der Waals surface area contributed by atoms with Crippen molar-refractivity contribution in [1.29, 1.82) is 0 Å². The number of benzene rings is 1. The van der Waals surface area contributed by atoms with Gasteiger partial charge in [0.25, 0.3) is 0 Å². The highest BCUT2D eigenvalue weighted by atomic mass is 32.2. The summed E-state index contributed by atoms with van der Waals surface area (Å²) in [6.45, 7) is 5.73. The van der Waals surface area contributed by atoms with Crippen LogP contribution >= 0.6 is 0 Å². The van der Waals surface area contributed by atoms with Crippen LogP contribution in [0.4, 0.5) is 0 Å². The van der Waals surface area contributed by atoms with E-state index < -0.39 is 16.1 Å². The van der Waals surface area contributed by atoms with Gasteiger partial charge in [-0.05, 0) is 43.4 Å². The summed E-state index contributed by atoms with van der Waals surface area (Å²) in [5.41, 5.74) is 1.14. The maximum atomic E-state index is 12.0. The Morgan fingerprint density at radius 1 is 1.16 bits per heavy atom. The van der Waals surface area contributed by atoms with Crippen LogP contribution in [0.2, 0.25) is 0 Å². The van der Waals surface area contributed by atoms with E-state index in [-0.39, 0.29) is 11.5 Å². The lowest BCUT2D eigenvalue weighted by Gasteiger charge is -2.12. The Bertz CT molecular complexity index is 480. The third-order valence-electron chi connectivity index (χ3n) is 2.87. The van der Waals surface area contributed by atoms with Crippen LogP contribution in [-0.4, -0.2) is 26.2 Å². The van der Waals surface area contributed by atoms with Gasteiger partial charge in [0.1, 0.15) is 0 Å². The fourth-order valence-corrected chi connectivity index (χ4v) is 2.90. The zero-order chi connectivity index (χ0) is 14.5. The molecule has 0 aromatic heterocycles. The molecule has 0 fully saturated rings. The van der Waals surface area contributed by atoms with E-state index in [1.807, 2.05) is 12.1 Å². The SMILES string of the molecule is CC(C)CCc1ccc(S(=O)(=O)N[C@H](C)CO)cc1. The highest BCUT2D eigenvalue weighted by molar-refractivity contribution is 7.89. The molecule has 0 heterocycles. The fourth-order valence-electron chi connectivity index (χ4n) is 1.66. The van der Waals surface area contributed by atoms with Crippen LogP contribution in [0, 0.1) is 5.92 Å². The topological polar surface area (TPSA) is 66.4 Å². The van der Waals surface area contributed by atoms with Gasteiger partial charge in [-0.25, -0.2) is 13.1 Å². The molecule has 19 heavy (non-hydrogen) atoms. The molecule has 1 aromatic carbocycles. The number of hydrogen-bond acceptors (Lipinski definition) is 3. The Morgan fingerprint density at radius 2 is 1.74 bits per heavy atom. The molecule has 0 spiro atoms. The van der Waals surface area contributed by atoms with E-state index in [4.69, 9.17) is 5.11 Å². The van der Waals surface area contributed by atoms with Crippen molar-refractivity contribution < 1.29 is 13.5 Å². The highest BCUT2D eigenvalue weighted by Gasteiger charge is 2.16. The average Bonchev–Trinajstić information content (AvgIpc) is 2.36. The minimum atomic E-state index is -3.53. The molecule has 0 bridgehead atoms. The molecule has 0 unspecified atom stereocenters. The summed E-state index contributed by atoms with van der Waals surface area (Å²) in [6.07, 6.45) is 2.05. The molecule has 0 radical (unpaired) electrons. The predicted octanol–water partition coefficient (Wildman–Crippen LogP) is 1.93. The molecule has 4 nitrogen and oxygen atoms in total. The first-order chi connectivity index (χ1) is 8.85. The molecule has 1 atom stereocenters. The van der Waals surface area contributed by atoms with Crippen LogP contribution in [0.25, 0.3) is 0 Å². The normalized spacial score (nSPS) is 13.7. The molecular weight excluding hydrogens is 262 g/mol. The summed E-state index contributed by atoms with van der Waals surface area (Å²) in [5.74, 6) is 0.635. The first kappa shape index (κ1) is 16.1. The van der Waals surface area contributed by atoms with Crippen molar-refractivity contribution >= 4 is 10.0 Å². The molecule has 108 valence electrons. The Kier molecular flexibility index (Phi) is 5.97. The van der Waals surface area contributed by atoms with Crippen LogP contribution in [0.15, 0.2) is 29.2 Å². The van der Waals surface area contributed by atoms with Gasteiger partial charge < -0.3 is 5.11 Å². The lowest BCUT2D eigenvalue weighted by molar-refractivity contribution is 0.265. The van der Waals surface area contributed by atoms with Gasteiger partial charge in [-0.3, -0.25) is 0 Å². The van der Waals surface area contributed by atoms with E-state index in [0.29, 0.717) is 5.92 Å². The number of aliphatic hydroxyl groups excluding tert-OH is 1. The smallest absolute Gasteiger partial charge is 0.240 e. The van der Waals surface area contributed by atoms with Gasteiger partial charge in [-0.15, -0.1) is 0 Å². The summed E-state index contributed by atoms with van der Waals surface area (Å²) >= 11 is 0. The third kappa shape index (κ3) is 5.30. The molecule has 2 N–H and O–H groups in total. The van der Waals surface area contributed by atoms with Crippen molar-refractivity contribution in [3.8, 4) is 0 Å². The van der Waals surface area contributed by atoms with Crippen LogP contribution in [-0.2, 0) is 16.4 Å².